The van der Waals surface area contributed by atoms with Gasteiger partial charge in [0.2, 0.25) is 0 Å². The van der Waals surface area contributed by atoms with Gasteiger partial charge in [-0.1, -0.05) is 30.0 Å². The van der Waals surface area contributed by atoms with Crippen LogP contribution in [0.1, 0.15) is 24.8 Å². The zero-order valence-corrected chi connectivity index (χ0v) is 14.7. The highest BCUT2D eigenvalue weighted by Crippen LogP contribution is 2.34. The maximum absolute atomic E-state index is 12.4. The van der Waals surface area contributed by atoms with Crippen molar-refractivity contribution in [2.24, 2.45) is 0 Å². The Morgan fingerprint density at radius 2 is 2.17 bits per heavy atom. The van der Waals surface area contributed by atoms with Crippen molar-refractivity contribution >= 4 is 46.3 Å². The SMILES string of the molecule is COc1ccc(/C=C2/SC(=S)N(CCCCC(=O)O)C2=O)cc1O. The van der Waals surface area contributed by atoms with Crippen LogP contribution in [0.25, 0.3) is 6.08 Å². The Bertz CT molecular complexity index is 702. The summed E-state index contributed by atoms with van der Waals surface area (Å²) in [6.45, 7) is 0.406. The van der Waals surface area contributed by atoms with Crippen LogP contribution in [-0.2, 0) is 9.59 Å². The molecule has 0 aliphatic carbocycles. The highest BCUT2D eigenvalue weighted by Gasteiger charge is 2.31. The smallest absolute Gasteiger partial charge is 0.303 e. The molecule has 1 aliphatic heterocycles. The molecule has 1 amide bonds. The summed E-state index contributed by atoms with van der Waals surface area (Å²) in [4.78, 5) is 24.9. The molecule has 6 nitrogen and oxygen atoms in total. The first-order valence-electron chi connectivity index (χ1n) is 7.26. The summed E-state index contributed by atoms with van der Waals surface area (Å²) >= 11 is 6.42. The number of carbonyl (C=O) groups excluding carboxylic acids is 1. The van der Waals surface area contributed by atoms with Crippen LogP contribution >= 0.6 is 24.0 Å². The van der Waals surface area contributed by atoms with Gasteiger partial charge in [-0.05, 0) is 36.6 Å². The fraction of sp³-hybridized carbons (Fsp3) is 0.312. The molecule has 0 atom stereocenters. The van der Waals surface area contributed by atoms with Gasteiger partial charge in [0.25, 0.3) is 5.91 Å². The average Bonchev–Trinajstić information content (AvgIpc) is 2.78. The van der Waals surface area contributed by atoms with Crippen LogP contribution in [0.3, 0.4) is 0 Å². The quantitative estimate of drug-likeness (QED) is 0.435. The lowest BCUT2D eigenvalue weighted by molar-refractivity contribution is -0.137. The summed E-state index contributed by atoms with van der Waals surface area (Å²) in [5, 5.41) is 18.4. The second-order valence-electron chi connectivity index (χ2n) is 5.12. The summed E-state index contributed by atoms with van der Waals surface area (Å²) in [6, 6.07) is 4.87. The van der Waals surface area contributed by atoms with Crippen LogP contribution in [0.2, 0.25) is 0 Å². The number of aromatic hydroxyl groups is 1. The number of phenolic OH excluding ortho intramolecular Hbond substituents is 1. The van der Waals surface area contributed by atoms with Gasteiger partial charge in [0, 0.05) is 13.0 Å². The Morgan fingerprint density at radius 1 is 1.42 bits per heavy atom. The molecular formula is C16H17NO5S2. The van der Waals surface area contributed by atoms with Gasteiger partial charge >= 0.3 is 5.97 Å². The lowest BCUT2D eigenvalue weighted by Gasteiger charge is -2.13. The van der Waals surface area contributed by atoms with Crippen molar-refractivity contribution in [3.05, 3.63) is 28.7 Å². The molecule has 24 heavy (non-hydrogen) atoms. The lowest BCUT2D eigenvalue weighted by Crippen LogP contribution is -2.29. The molecule has 1 aliphatic rings. The molecule has 0 saturated carbocycles. The predicted molar refractivity (Wildman–Crippen MR) is 96.0 cm³/mol. The number of hydrogen-bond donors (Lipinski definition) is 2. The fourth-order valence-corrected chi connectivity index (χ4v) is 3.50. The summed E-state index contributed by atoms with van der Waals surface area (Å²) in [6.07, 6.45) is 2.82. The van der Waals surface area contributed by atoms with Crippen LogP contribution in [0.15, 0.2) is 23.1 Å². The first-order chi connectivity index (χ1) is 11.4. The minimum Gasteiger partial charge on any atom is -0.504 e. The minimum absolute atomic E-state index is 0.00426. The van der Waals surface area contributed by atoms with Gasteiger partial charge in [-0.15, -0.1) is 0 Å². The molecule has 0 spiro atoms. The highest BCUT2D eigenvalue weighted by atomic mass is 32.2. The van der Waals surface area contributed by atoms with Gasteiger partial charge in [0.1, 0.15) is 4.32 Å². The minimum atomic E-state index is -0.848. The second kappa shape index (κ2) is 8.16. The monoisotopic (exact) mass is 367 g/mol. The number of thiocarbonyl (C=S) groups is 1. The van der Waals surface area contributed by atoms with Gasteiger partial charge in [0.05, 0.1) is 12.0 Å². The number of hydrogen-bond acceptors (Lipinski definition) is 6. The largest absolute Gasteiger partial charge is 0.504 e. The van der Waals surface area contributed by atoms with E-state index in [2.05, 4.69) is 0 Å². The number of thioether (sulfide) groups is 1. The standard InChI is InChI=1S/C16H17NO5S2/c1-22-12-6-5-10(8-11(12)18)9-13-15(21)17(16(23)24-13)7-3-2-4-14(19)20/h5-6,8-9,18H,2-4,7H2,1H3,(H,19,20)/b13-9+. The first kappa shape index (κ1) is 18.3. The first-order valence-corrected chi connectivity index (χ1v) is 8.49. The number of ether oxygens (including phenoxy) is 1. The molecular weight excluding hydrogens is 350 g/mol. The number of phenols is 1. The Labute approximate surface area is 149 Å². The van der Waals surface area contributed by atoms with Crippen LogP contribution in [0.4, 0.5) is 0 Å². The number of unbranched alkanes of at least 4 members (excludes halogenated alkanes) is 1. The third kappa shape index (κ3) is 4.48. The molecule has 0 unspecified atom stereocenters. The number of nitrogens with zero attached hydrogens (tertiary/aromatic N) is 1. The lowest BCUT2D eigenvalue weighted by atomic mass is 10.2. The van der Waals surface area contributed by atoms with E-state index >= 15 is 0 Å². The van der Waals surface area contributed by atoms with Gasteiger partial charge in [0.15, 0.2) is 11.5 Å². The molecule has 1 fully saturated rings. The topological polar surface area (TPSA) is 87.1 Å². The van der Waals surface area contributed by atoms with E-state index in [0.29, 0.717) is 39.9 Å². The van der Waals surface area contributed by atoms with Crippen molar-refractivity contribution in [2.45, 2.75) is 19.3 Å². The third-order valence-corrected chi connectivity index (χ3v) is 4.77. The number of aliphatic carboxylic acids is 1. The molecule has 0 radical (unpaired) electrons. The predicted octanol–water partition coefficient (Wildman–Crippen LogP) is 2.86. The van der Waals surface area contributed by atoms with Crippen molar-refractivity contribution < 1.29 is 24.5 Å². The molecule has 0 aromatic heterocycles. The van der Waals surface area contributed by atoms with E-state index < -0.39 is 5.97 Å². The second-order valence-corrected chi connectivity index (χ2v) is 6.79. The van der Waals surface area contributed by atoms with E-state index in [1.807, 2.05) is 0 Å². The summed E-state index contributed by atoms with van der Waals surface area (Å²) in [7, 11) is 1.46. The molecule has 2 N–H and O–H groups in total. The number of carboxylic acids is 1. The molecule has 2 rings (SSSR count). The fourth-order valence-electron chi connectivity index (χ4n) is 2.19. The van der Waals surface area contributed by atoms with Gasteiger partial charge in [-0.2, -0.15) is 0 Å². The van der Waals surface area contributed by atoms with Crippen molar-refractivity contribution in [3.63, 3.8) is 0 Å². The molecule has 8 heteroatoms. The molecule has 1 aromatic carbocycles. The summed E-state index contributed by atoms with van der Waals surface area (Å²) in [5.74, 6) is -0.691. The zero-order valence-electron chi connectivity index (χ0n) is 13.0. The van der Waals surface area contributed by atoms with Gasteiger partial charge < -0.3 is 14.9 Å². The Morgan fingerprint density at radius 3 is 2.79 bits per heavy atom. The highest BCUT2D eigenvalue weighted by molar-refractivity contribution is 8.26. The van der Waals surface area contributed by atoms with E-state index in [-0.39, 0.29) is 18.1 Å². The Hall–Kier alpha value is -2.06. The van der Waals surface area contributed by atoms with Crippen LogP contribution in [0, 0.1) is 0 Å². The van der Waals surface area contributed by atoms with E-state index in [9.17, 15) is 14.7 Å². The van der Waals surface area contributed by atoms with E-state index in [1.165, 1.54) is 29.8 Å². The molecule has 0 bridgehead atoms. The summed E-state index contributed by atoms with van der Waals surface area (Å²) in [5.41, 5.74) is 0.666. The molecule has 128 valence electrons. The number of carbonyl (C=O) groups is 2. The van der Waals surface area contributed by atoms with Crippen LogP contribution in [-0.4, -0.2) is 45.0 Å². The average molecular weight is 367 g/mol. The van der Waals surface area contributed by atoms with Crippen molar-refractivity contribution in [2.75, 3.05) is 13.7 Å². The number of amides is 1. The van der Waals surface area contributed by atoms with Gasteiger partial charge in [-0.25, -0.2) is 0 Å². The Kier molecular flexibility index (Phi) is 6.22. The van der Waals surface area contributed by atoms with Crippen molar-refractivity contribution in [1.82, 2.24) is 4.90 Å². The molecule has 1 aromatic rings. The number of carboxylic acid groups (broad SMARTS) is 1. The Balaban J connectivity index is 2.04. The number of rotatable bonds is 7. The van der Waals surface area contributed by atoms with Crippen molar-refractivity contribution in [1.29, 1.82) is 0 Å². The zero-order chi connectivity index (χ0) is 17.7. The van der Waals surface area contributed by atoms with Gasteiger partial charge in [-0.3, -0.25) is 14.5 Å². The third-order valence-electron chi connectivity index (χ3n) is 3.40. The van der Waals surface area contributed by atoms with Crippen molar-refractivity contribution in [3.8, 4) is 11.5 Å². The van der Waals surface area contributed by atoms with E-state index in [0.717, 1.165) is 0 Å². The van der Waals surface area contributed by atoms with Crippen LogP contribution in [0.5, 0.6) is 11.5 Å². The number of benzene rings is 1. The van der Waals surface area contributed by atoms with E-state index in [4.69, 9.17) is 22.1 Å². The normalized spacial score (nSPS) is 16.0. The van der Waals surface area contributed by atoms with Crippen LogP contribution < -0.4 is 4.74 Å². The summed E-state index contributed by atoms with van der Waals surface area (Å²) < 4.78 is 5.44. The molecule has 1 heterocycles. The maximum atomic E-state index is 12.4. The van der Waals surface area contributed by atoms with E-state index in [1.54, 1.807) is 18.2 Å². The molecule has 1 saturated heterocycles. The maximum Gasteiger partial charge on any atom is 0.303 e. The number of methoxy groups -OCH3 is 1.